The van der Waals surface area contributed by atoms with Crippen LogP contribution >= 0.6 is 0 Å². The van der Waals surface area contributed by atoms with Crippen molar-refractivity contribution in [3.63, 3.8) is 0 Å². The first-order chi connectivity index (χ1) is 12.3. The van der Waals surface area contributed by atoms with Crippen molar-refractivity contribution in [3.05, 3.63) is 35.4 Å². The number of nitrogens with zero attached hydrogens (tertiary/aromatic N) is 2. The zero-order valence-electron chi connectivity index (χ0n) is 14.4. The van der Waals surface area contributed by atoms with Crippen molar-refractivity contribution < 1.29 is 22.8 Å². The molecule has 5 nitrogen and oxygen atoms in total. The van der Waals surface area contributed by atoms with Gasteiger partial charge < -0.3 is 15.1 Å². The van der Waals surface area contributed by atoms with E-state index in [-0.39, 0.29) is 23.5 Å². The highest BCUT2D eigenvalue weighted by atomic mass is 19.4. The van der Waals surface area contributed by atoms with E-state index in [1.54, 1.807) is 0 Å². The van der Waals surface area contributed by atoms with Crippen LogP contribution in [0.15, 0.2) is 24.3 Å². The average molecular weight is 369 g/mol. The summed E-state index contributed by atoms with van der Waals surface area (Å²) < 4.78 is 37.7. The highest BCUT2D eigenvalue weighted by Crippen LogP contribution is 2.29. The van der Waals surface area contributed by atoms with E-state index >= 15 is 0 Å². The smallest absolute Gasteiger partial charge is 0.349 e. The normalized spacial score (nSPS) is 18.9. The summed E-state index contributed by atoms with van der Waals surface area (Å²) in [5, 5.41) is 2.85. The predicted octanol–water partition coefficient (Wildman–Crippen LogP) is 3.12. The minimum absolute atomic E-state index is 0.0648. The number of halogens is 3. The third-order valence-corrected chi connectivity index (χ3v) is 4.95. The zero-order chi connectivity index (χ0) is 18.7. The van der Waals surface area contributed by atoms with E-state index in [1.165, 1.54) is 12.1 Å². The minimum atomic E-state index is -4.41. The first-order valence-corrected chi connectivity index (χ1v) is 8.86. The predicted molar refractivity (Wildman–Crippen MR) is 89.7 cm³/mol. The summed E-state index contributed by atoms with van der Waals surface area (Å²) in [5.41, 5.74) is -0.573. The first kappa shape index (κ1) is 18.5. The van der Waals surface area contributed by atoms with Gasteiger partial charge in [0.25, 0.3) is 5.91 Å². The molecule has 2 fully saturated rings. The monoisotopic (exact) mass is 369 g/mol. The van der Waals surface area contributed by atoms with Crippen LogP contribution in [0.5, 0.6) is 0 Å². The molecule has 26 heavy (non-hydrogen) atoms. The number of carbonyl (C=O) groups excluding carboxylic acids is 2. The van der Waals surface area contributed by atoms with Gasteiger partial charge in [-0.1, -0.05) is 0 Å². The fourth-order valence-corrected chi connectivity index (χ4v) is 3.40. The Labute approximate surface area is 150 Å². The van der Waals surface area contributed by atoms with E-state index in [4.69, 9.17) is 0 Å². The molecule has 0 aromatic heterocycles. The van der Waals surface area contributed by atoms with Gasteiger partial charge in [-0.3, -0.25) is 4.79 Å². The SMILES string of the molecule is O=C(NC1CCN(C(=O)N2CCCC2)CC1)c1ccc(C(F)(F)F)cc1. The molecule has 3 amide bonds. The standard InChI is InChI=1S/C18H22F3N3O2/c19-18(20,21)14-5-3-13(4-6-14)16(25)22-15-7-11-24(12-8-15)17(26)23-9-1-2-10-23/h3-6,15H,1-2,7-12H2,(H,22,25). The summed E-state index contributed by atoms with van der Waals surface area (Å²) in [4.78, 5) is 28.2. The Morgan fingerprint density at radius 3 is 2.00 bits per heavy atom. The van der Waals surface area contributed by atoms with E-state index in [0.717, 1.165) is 38.1 Å². The molecule has 0 unspecified atom stereocenters. The number of amides is 3. The van der Waals surface area contributed by atoms with Gasteiger partial charge >= 0.3 is 12.2 Å². The molecule has 1 N–H and O–H groups in total. The van der Waals surface area contributed by atoms with E-state index in [1.807, 2.05) is 9.80 Å². The second-order valence-corrected chi connectivity index (χ2v) is 6.79. The molecule has 0 bridgehead atoms. The second kappa shape index (κ2) is 7.55. The maximum atomic E-state index is 12.6. The molecule has 2 aliphatic heterocycles. The quantitative estimate of drug-likeness (QED) is 0.871. The lowest BCUT2D eigenvalue weighted by Gasteiger charge is -2.34. The van der Waals surface area contributed by atoms with Crippen molar-refractivity contribution in [1.82, 2.24) is 15.1 Å². The number of urea groups is 1. The molecule has 0 aliphatic carbocycles. The van der Waals surface area contributed by atoms with Gasteiger partial charge in [0.05, 0.1) is 5.56 Å². The van der Waals surface area contributed by atoms with Crippen LogP contribution in [0.2, 0.25) is 0 Å². The van der Waals surface area contributed by atoms with E-state index < -0.39 is 11.7 Å². The molecule has 1 aromatic carbocycles. The number of hydrogen-bond donors (Lipinski definition) is 1. The van der Waals surface area contributed by atoms with Crippen LogP contribution in [0, 0.1) is 0 Å². The molecule has 1 aromatic rings. The summed E-state index contributed by atoms with van der Waals surface area (Å²) in [7, 11) is 0. The topological polar surface area (TPSA) is 52.7 Å². The first-order valence-electron chi connectivity index (χ1n) is 8.86. The number of piperidine rings is 1. The van der Waals surface area contributed by atoms with Gasteiger partial charge in [-0.25, -0.2) is 4.79 Å². The van der Waals surface area contributed by atoms with E-state index in [9.17, 15) is 22.8 Å². The summed E-state index contributed by atoms with van der Waals surface area (Å²) in [6, 6.07) is 4.18. The van der Waals surface area contributed by atoms with E-state index in [2.05, 4.69) is 5.32 Å². The third kappa shape index (κ3) is 4.28. The fourth-order valence-electron chi connectivity index (χ4n) is 3.40. The molecule has 142 valence electrons. The fraction of sp³-hybridized carbons (Fsp3) is 0.556. The molecule has 2 heterocycles. The Balaban J connectivity index is 1.49. The number of carbonyl (C=O) groups is 2. The molecule has 8 heteroatoms. The Bertz CT molecular complexity index is 647. The Morgan fingerprint density at radius 2 is 1.46 bits per heavy atom. The Hall–Kier alpha value is -2.25. The van der Waals surface area contributed by atoms with Crippen LogP contribution < -0.4 is 5.32 Å². The number of likely N-dealkylation sites (tertiary alicyclic amines) is 2. The van der Waals surface area contributed by atoms with Crippen LogP contribution in [0.3, 0.4) is 0 Å². The Kier molecular flexibility index (Phi) is 5.38. The van der Waals surface area contributed by atoms with Crippen LogP contribution in [-0.4, -0.2) is 54.0 Å². The summed E-state index contributed by atoms with van der Waals surface area (Å²) in [5.74, 6) is -0.386. The summed E-state index contributed by atoms with van der Waals surface area (Å²) in [6.45, 7) is 2.77. The van der Waals surface area contributed by atoms with Crippen LogP contribution in [0.25, 0.3) is 0 Å². The average Bonchev–Trinajstić information content (AvgIpc) is 3.16. The molecule has 0 spiro atoms. The van der Waals surface area contributed by atoms with Gasteiger partial charge in [0.15, 0.2) is 0 Å². The largest absolute Gasteiger partial charge is 0.416 e. The number of rotatable bonds is 2. The number of benzene rings is 1. The number of alkyl halides is 3. The van der Waals surface area contributed by atoms with Gasteiger partial charge in [0.2, 0.25) is 0 Å². The summed E-state index contributed by atoms with van der Waals surface area (Å²) >= 11 is 0. The van der Waals surface area contributed by atoms with Crippen molar-refractivity contribution in [3.8, 4) is 0 Å². The number of nitrogens with one attached hydrogen (secondary N) is 1. The van der Waals surface area contributed by atoms with Crippen molar-refractivity contribution in [2.45, 2.75) is 37.9 Å². The van der Waals surface area contributed by atoms with Crippen molar-refractivity contribution in [2.24, 2.45) is 0 Å². The van der Waals surface area contributed by atoms with Crippen LogP contribution in [0.1, 0.15) is 41.6 Å². The Morgan fingerprint density at radius 1 is 0.923 bits per heavy atom. The van der Waals surface area contributed by atoms with Crippen LogP contribution in [-0.2, 0) is 6.18 Å². The molecule has 0 radical (unpaired) electrons. The molecule has 3 rings (SSSR count). The maximum Gasteiger partial charge on any atom is 0.416 e. The lowest BCUT2D eigenvalue weighted by atomic mass is 10.0. The summed E-state index contributed by atoms with van der Waals surface area (Å²) in [6.07, 6.45) is -1.03. The lowest BCUT2D eigenvalue weighted by molar-refractivity contribution is -0.137. The molecule has 2 aliphatic rings. The third-order valence-electron chi connectivity index (χ3n) is 4.95. The second-order valence-electron chi connectivity index (χ2n) is 6.79. The van der Waals surface area contributed by atoms with Gasteiger partial charge in [-0.15, -0.1) is 0 Å². The van der Waals surface area contributed by atoms with E-state index in [0.29, 0.717) is 25.9 Å². The van der Waals surface area contributed by atoms with Crippen molar-refractivity contribution >= 4 is 11.9 Å². The highest BCUT2D eigenvalue weighted by molar-refractivity contribution is 5.94. The zero-order valence-corrected chi connectivity index (χ0v) is 14.4. The van der Waals surface area contributed by atoms with Crippen molar-refractivity contribution in [1.29, 1.82) is 0 Å². The molecular weight excluding hydrogens is 347 g/mol. The molecule has 2 saturated heterocycles. The van der Waals surface area contributed by atoms with Gasteiger partial charge in [0, 0.05) is 37.8 Å². The molecule has 0 saturated carbocycles. The van der Waals surface area contributed by atoms with Crippen molar-refractivity contribution in [2.75, 3.05) is 26.2 Å². The highest BCUT2D eigenvalue weighted by Gasteiger charge is 2.31. The molecular formula is C18H22F3N3O2. The van der Waals surface area contributed by atoms with Gasteiger partial charge in [0.1, 0.15) is 0 Å². The maximum absolute atomic E-state index is 12.6. The van der Waals surface area contributed by atoms with Gasteiger partial charge in [-0.2, -0.15) is 13.2 Å². The van der Waals surface area contributed by atoms with Crippen LogP contribution in [0.4, 0.5) is 18.0 Å². The minimum Gasteiger partial charge on any atom is -0.349 e. The lowest BCUT2D eigenvalue weighted by Crippen LogP contribution is -2.50. The van der Waals surface area contributed by atoms with Gasteiger partial charge in [-0.05, 0) is 49.9 Å². The number of hydrogen-bond acceptors (Lipinski definition) is 2. The molecule has 0 atom stereocenters.